The van der Waals surface area contributed by atoms with Gasteiger partial charge in [0, 0.05) is 17.9 Å². The number of likely N-dealkylation sites (tertiary alicyclic amines) is 1. The summed E-state index contributed by atoms with van der Waals surface area (Å²) in [5, 5.41) is 1.21. The zero-order valence-corrected chi connectivity index (χ0v) is 13.1. The van der Waals surface area contributed by atoms with Crippen LogP contribution >= 0.6 is 15.9 Å². The Morgan fingerprint density at radius 2 is 1.82 bits per heavy atom. The molecule has 1 nitrogen and oxygen atoms in total. The highest BCUT2D eigenvalue weighted by Crippen LogP contribution is 2.40. The molecule has 2 aliphatic rings. The molecule has 0 aromatic rings. The van der Waals surface area contributed by atoms with Crippen LogP contribution in [0.1, 0.15) is 58.8 Å². The first kappa shape index (κ1) is 13.9. The second kappa shape index (κ2) is 6.06. The third-order valence-electron chi connectivity index (χ3n) is 5.24. The Bertz CT molecular complexity index is 235. The normalized spacial score (nSPS) is 34.8. The molecular formula is C15H28BrN. The van der Waals surface area contributed by atoms with Gasteiger partial charge in [0.25, 0.3) is 0 Å². The fraction of sp³-hybridized carbons (Fsp3) is 1.00. The van der Waals surface area contributed by atoms with Crippen molar-refractivity contribution < 1.29 is 0 Å². The summed E-state index contributed by atoms with van der Waals surface area (Å²) < 4.78 is 0. The molecule has 2 atom stereocenters. The molecule has 1 saturated heterocycles. The van der Waals surface area contributed by atoms with Crippen molar-refractivity contribution in [2.75, 3.05) is 18.4 Å². The number of alkyl halides is 1. The van der Waals surface area contributed by atoms with Crippen LogP contribution in [0.2, 0.25) is 0 Å². The van der Waals surface area contributed by atoms with Crippen molar-refractivity contribution in [1.82, 2.24) is 4.90 Å². The third-order valence-corrected chi connectivity index (χ3v) is 6.43. The summed E-state index contributed by atoms with van der Waals surface area (Å²) in [6.07, 6.45) is 10.1. The minimum Gasteiger partial charge on any atom is -0.300 e. The molecule has 2 unspecified atom stereocenters. The molecule has 1 heterocycles. The Kier molecular flexibility index (Phi) is 4.94. The van der Waals surface area contributed by atoms with Crippen LogP contribution in [0.4, 0.5) is 0 Å². The van der Waals surface area contributed by atoms with Crippen molar-refractivity contribution in [2.45, 2.75) is 64.8 Å². The van der Waals surface area contributed by atoms with Crippen molar-refractivity contribution in [3.63, 3.8) is 0 Å². The molecule has 1 aliphatic heterocycles. The molecule has 0 N–H and O–H groups in total. The molecule has 1 aliphatic carbocycles. The Balaban J connectivity index is 1.97. The zero-order valence-electron chi connectivity index (χ0n) is 11.6. The van der Waals surface area contributed by atoms with Gasteiger partial charge in [-0.25, -0.2) is 0 Å². The molecule has 0 aromatic heterocycles. The minimum absolute atomic E-state index is 0.587. The van der Waals surface area contributed by atoms with E-state index in [-0.39, 0.29) is 0 Å². The van der Waals surface area contributed by atoms with Crippen LogP contribution in [-0.2, 0) is 0 Å². The van der Waals surface area contributed by atoms with Crippen LogP contribution < -0.4 is 0 Å². The van der Waals surface area contributed by atoms with Crippen molar-refractivity contribution in [1.29, 1.82) is 0 Å². The number of rotatable bonds is 3. The van der Waals surface area contributed by atoms with Crippen LogP contribution in [-0.4, -0.2) is 29.4 Å². The molecule has 0 radical (unpaired) electrons. The van der Waals surface area contributed by atoms with E-state index in [1.807, 2.05) is 0 Å². The van der Waals surface area contributed by atoms with Crippen LogP contribution in [0.3, 0.4) is 0 Å². The predicted octanol–water partition coefficient (Wildman–Crippen LogP) is 4.45. The van der Waals surface area contributed by atoms with Crippen LogP contribution in [0.5, 0.6) is 0 Å². The molecule has 2 fully saturated rings. The molecule has 0 spiro atoms. The van der Waals surface area contributed by atoms with Crippen LogP contribution in [0.25, 0.3) is 0 Å². The van der Waals surface area contributed by atoms with Gasteiger partial charge >= 0.3 is 0 Å². The number of hydrogen-bond donors (Lipinski definition) is 0. The predicted molar refractivity (Wildman–Crippen MR) is 78.7 cm³/mol. The van der Waals surface area contributed by atoms with Gasteiger partial charge in [0.15, 0.2) is 0 Å². The van der Waals surface area contributed by atoms with E-state index in [1.165, 1.54) is 63.4 Å². The number of halogens is 1. The Labute approximate surface area is 115 Å². The van der Waals surface area contributed by atoms with E-state index in [0.29, 0.717) is 5.41 Å². The molecule has 0 aromatic carbocycles. The van der Waals surface area contributed by atoms with E-state index in [9.17, 15) is 0 Å². The second-order valence-corrected chi connectivity index (χ2v) is 7.09. The highest BCUT2D eigenvalue weighted by atomic mass is 79.9. The lowest BCUT2D eigenvalue weighted by Gasteiger charge is -2.45. The summed E-state index contributed by atoms with van der Waals surface area (Å²) in [6.45, 7) is 7.54. The van der Waals surface area contributed by atoms with Crippen LogP contribution in [0.15, 0.2) is 0 Å². The van der Waals surface area contributed by atoms with Crippen molar-refractivity contribution in [3.8, 4) is 0 Å². The van der Waals surface area contributed by atoms with E-state index < -0.39 is 0 Å². The maximum absolute atomic E-state index is 3.80. The van der Waals surface area contributed by atoms with Gasteiger partial charge in [0.2, 0.25) is 0 Å². The van der Waals surface area contributed by atoms with Gasteiger partial charge < -0.3 is 0 Å². The number of piperidine rings is 1. The molecule has 100 valence electrons. The lowest BCUT2D eigenvalue weighted by Crippen LogP contribution is -2.49. The zero-order chi connectivity index (χ0) is 12.3. The molecular weight excluding hydrogens is 274 g/mol. The summed E-state index contributed by atoms with van der Waals surface area (Å²) in [5.74, 6) is 0.889. The van der Waals surface area contributed by atoms with E-state index in [4.69, 9.17) is 0 Å². The minimum atomic E-state index is 0.587. The van der Waals surface area contributed by atoms with Gasteiger partial charge in [-0.15, -0.1) is 0 Å². The average Bonchev–Trinajstić information content (AvgIpc) is 2.36. The fourth-order valence-corrected chi connectivity index (χ4v) is 4.45. The lowest BCUT2D eigenvalue weighted by molar-refractivity contribution is 0.0518. The molecule has 17 heavy (non-hydrogen) atoms. The second-order valence-electron chi connectivity index (χ2n) is 6.52. The van der Waals surface area contributed by atoms with Gasteiger partial charge in [-0.3, -0.25) is 4.90 Å². The highest BCUT2D eigenvalue weighted by Gasteiger charge is 2.35. The van der Waals surface area contributed by atoms with E-state index in [0.717, 1.165) is 12.0 Å². The number of nitrogens with zero attached hydrogens (tertiary/aromatic N) is 1. The standard InChI is InChI=1S/C15H28BrN/c1-13-7-6-10-17(14(13)2)12-15(11-16)8-4-3-5-9-15/h13-14H,3-12H2,1-2H3. The van der Waals surface area contributed by atoms with Gasteiger partial charge in [0.1, 0.15) is 0 Å². The first-order chi connectivity index (χ1) is 8.17. The first-order valence-electron chi connectivity index (χ1n) is 7.47. The summed E-state index contributed by atoms with van der Waals surface area (Å²) in [6, 6.07) is 0.793. The van der Waals surface area contributed by atoms with Gasteiger partial charge in [-0.2, -0.15) is 0 Å². The largest absolute Gasteiger partial charge is 0.300 e. The molecule has 0 amide bonds. The summed E-state index contributed by atoms with van der Waals surface area (Å²) in [7, 11) is 0. The molecule has 2 heteroatoms. The summed E-state index contributed by atoms with van der Waals surface area (Å²) >= 11 is 3.80. The Morgan fingerprint density at radius 1 is 1.12 bits per heavy atom. The molecule has 2 rings (SSSR count). The third kappa shape index (κ3) is 3.26. The van der Waals surface area contributed by atoms with Gasteiger partial charge in [0.05, 0.1) is 0 Å². The number of hydrogen-bond acceptors (Lipinski definition) is 1. The van der Waals surface area contributed by atoms with Gasteiger partial charge in [-0.05, 0) is 50.5 Å². The van der Waals surface area contributed by atoms with E-state index >= 15 is 0 Å². The van der Waals surface area contributed by atoms with E-state index in [1.54, 1.807) is 0 Å². The highest BCUT2D eigenvalue weighted by molar-refractivity contribution is 9.09. The Morgan fingerprint density at radius 3 is 2.47 bits per heavy atom. The monoisotopic (exact) mass is 301 g/mol. The Hall–Kier alpha value is 0.440. The molecule has 0 bridgehead atoms. The van der Waals surface area contributed by atoms with Crippen molar-refractivity contribution >= 4 is 15.9 Å². The lowest BCUT2D eigenvalue weighted by atomic mass is 9.74. The van der Waals surface area contributed by atoms with Gasteiger partial charge in [-0.1, -0.05) is 42.1 Å². The maximum Gasteiger partial charge on any atom is 0.0100 e. The average molecular weight is 302 g/mol. The topological polar surface area (TPSA) is 3.24 Å². The van der Waals surface area contributed by atoms with E-state index in [2.05, 4.69) is 34.7 Å². The quantitative estimate of drug-likeness (QED) is 0.696. The van der Waals surface area contributed by atoms with Crippen molar-refractivity contribution in [2.24, 2.45) is 11.3 Å². The van der Waals surface area contributed by atoms with Crippen LogP contribution in [0, 0.1) is 11.3 Å². The van der Waals surface area contributed by atoms with Crippen molar-refractivity contribution in [3.05, 3.63) is 0 Å². The molecule has 1 saturated carbocycles. The fourth-order valence-electron chi connectivity index (χ4n) is 3.71. The summed E-state index contributed by atoms with van der Waals surface area (Å²) in [4.78, 5) is 2.78. The first-order valence-corrected chi connectivity index (χ1v) is 8.59. The smallest absolute Gasteiger partial charge is 0.0100 e. The SMILES string of the molecule is CC1CCCN(CC2(CBr)CCCCC2)C1C. The summed E-state index contributed by atoms with van der Waals surface area (Å²) in [5.41, 5.74) is 0.587. The maximum atomic E-state index is 3.80.